The van der Waals surface area contributed by atoms with Gasteiger partial charge in [-0.2, -0.15) is 5.26 Å². The molecule has 0 radical (unpaired) electrons. The van der Waals surface area contributed by atoms with Gasteiger partial charge in [0.05, 0.1) is 12.7 Å². The van der Waals surface area contributed by atoms with Crippen LogP contribution in [0.4, 0.5) is 0 Å². The first-order chi connectivity index (χ1) is 6.86. The van der Waals surface area contributed by atoms with Crippen molar-refractivity contribution in [3.05, 3.63) is 36.2 Å². The fourth-order valence-corrected chi connectivity index (χ4v) is 1.44. The van der Waals surface area contributed by atoms with Crippen LogP contribution in [0.5, 0.6) is 5.75 Å². The molecule has 68 valence electrons. The van der Waals surface area contributed by atoms with Gasteiger partial charge in [-0.15, -0.1) is 0 Å². The van der Waals surface area contributed by atoms with Crippen LogP contribution in [0.2, 0.25) is 0 Å². The van der Waals surface area contributed by atoms with Crippen LogP contribution in [-0.4, -0.2) is 12.1 Å². The van der Waals surface area contributed by atoms with Crippen molar-refractivity contribution >= 4 is 10.8 Å². The van der Waals surface area contributed by atoms with Crippen molar-refractivity contribution in [2.75, 3.05) is 7.11 Å². The van der Waals surface area contributed by atoms with Gasteiger partial charge in [0.2, 0.25) is 0 Å². The van der Waals surface area contributed by atoms with Crippen LogP contribution < -0.4 is 4.74 Å². The molecule has 0 saturated carbocycles. The molecule has 0 aliphatic rings. The second kappa shape index (κ2) is 3.35. The number of rotatable bonds is 1. The second-order valence-corrected chi connectivity index (χ2v) is 2.85. The Hall–Kier alpha value is -2.08. The molecule has 0 amide bonds. The van der Waals surface area contributed by atoms with Gasteiger partial charge < -0.3 is 4.74 Å². The summed E-state index contributed by atoms with van der Waals surface area (Å²) in [5.41, 5.74) is 0.571. The Kier molecular flexibility index (Phi) is 2.04. The first-order valence-corrected chi connectivity index (χ1v) is 4.17. The smallest absolute Gasteiger partial charge is 0.128 e. The van der Waals surface area contributed by atoms with Crippen molar-refractivity contribution in [2.24, 2.45) is 0 Å². The van der Waals surface area contributed by atoms with E-state index in [2.05, 4.69) is 11.1 Å². The lowest BCUT2D eigenvalue weighted by molar-refractivity contribution is 0.419. The van der Waals surface area contributed by atoms with Crippen LogP contribution in [0.15, 0.2) is 30.6 Å². The maximum Gasteiger partial charge on any atom is 0.128 e. The number of aromatic nitrogens is 1. The molecule has 0 atom stereocenters. The minimum absolute atomic E-state index is 0.571. The summed E-state index contributed by atoms with van der Waals surface area (Å²) in [5, 5.41) is 10.6. The molecule has 1 aromatic heterocycles. The zero-order valence-corrected chi connectivity index (χ0v) is 7.69. The summed E-state index contributed by atoms with van der Waals surface area (Å²) in [6.45, 7) is 0. The standard InChI is InChI=1S/C11H8N2O/c1-14-11-4-2-3-9-8(5-12)6-13-7-10(9)11/h2-4,6-7H,1H3. The summed E-state index contributed by atoms with van der Waals surface area (Å²) in [7, 11) is 1.60. The van der Waals surface area contributed by atoms with E-state index in [0.717, 1.165) is 16.5 Å². The normalized spacial score (nSPS) is 9.71. The first-order valence-electron chi connectivity index (χ1n) is 4.17. The third kappa shape index (κ3) is 1.17. The molecule has 1 aromatic carbocycles. The number of nitrogens with zero attached hydrogens (tertiary/aromatic N) is 2. The summed E-state index contributed by atoms with van der Waals surface area (Å²) < 4.78 is 5.18. The van der Waals surface area contributed by atoms with Crippen molar-refractivity contribution in [3.8, 4) is 11.8 Å². The van der Waals surface area contributed by atoms with Crippen LogP contribution in [0.25, 0.3) is 10.8 Å². The summed E-state index contributed by atoms with van der Waals surface area (Å²) in [5.74, 6) is 0.743. The number of hydrogen-bond acceptors (Lipinski definition) is 3. The molecule has 0 unspecified atom stereocenters. The molecular formula is C11H8N2O. The average Bonchev–Trinajstić information content (AvgIpc) is 2.27. The van der Waals surface area contributed by atoms with Crippen molar-refractivity contribution in [1.29, 1.82) is 5.26 Å². The quantitative estimate of drug-likeness (QED) is 0.681. The highest BCUT2D eigenvalue weighted by Gasteiger charge is 2.04. The lowest BCUT2D eigenvalue weighted by atomic mass is 10.1. The van der Waals surface area contributed by atoms with Gasteiger partial charge in [0.15, 0.2) is 0 Å². The van der Waals surface area contributed by atoms with Crippen LogP contribution >= 0.6 is 0 Å². The Morgan fingerprint density at radius 2 is 2.14 bits per heavy atom. The Balaban J connectivity index is 2.86. The van der Waals surface area contributed by atoms with Crippen LogP contribution in [0.3, 0.4) is 0 Å². The van der Waals surface area contributed by atoms with Crippen molar-refractivity contribution in [2.45, 2.75) is 0 Å². The van der Waals surface area contributed by atoms with Crippen molar-refractivity contribution in [1.82, 2.24) is 4.98 Å². The molecule has 3 nitrogen and oxygen atoms in total. The van der Waals surface area contributed by atoms with E-state index in [1.807, 2.05) is 18.2 Å². The maximum atomic E-state index is 8.87. The zero-order chi connectivity index (χ0) is 9.97. The fraction of sp³-hybridized carbons (Fsp3) is 0.0909. The van der Waals surface area contributed by atoms with E-state index < -0.39 is 0 Å². The molecule has 2 aromatic rings. The fourth-order valence-electron chi connectivity index (χ4n) is 1.44. The molecule has 3 heteroatoms. The van der Waals surface area contributed by atoms with Gasteiger partial charge in [0, 0.05) is 23.2 Å². The molecule has 0 fully saturated rings. The number of ether oxygens (including phenoxy) is 1. The third-order valence-corrected chi connectivity index (χ3v) is 2.10. The molecular weight excluding hydrogens is 176 g/mol. The molecule has 0 spiro atoms. The molecule has 0 saturated heterocycles. The summed E-state index contributed by atoms with van der Waals surface area (Å²) in [6, 6.07) is 7.71. The van der Waals surface area contributed by atoms with Gasteiger partial charge in [-0.25, -0.2) is 0 Å². The monoisotopic (exact) mass is 184 g/mol. The van der Waals surface area contributed by atoms with Gasteiger partial charge >= 0.3 is 0 Å². The summed E-state index contributed by atoms with van der Waals surface area (Å²) in [4.78, 5) is 3.99. The largest absolute Gasteiger partial charge is 0.496 e. The predicted molar refractivity (Wildman–Crippen MR) is 53.0 cm³/mol. The molecule has 0 N–H and O–H groups in total. The lowest BCUT2D eigenvalue weighted by Gasteiger charge is -2.04. The van der Waals surface area contributed by atoms with Gasteiger partial charge in [0.25, 0.3) is 0 Å². The van der Waals surface area contributed by atoms with E-state index in [0.29, 0.717) is 5.56 Å². The predicted octanol–water partition coefficient (Wildman–Crippen LogP) is 2.12. The molecule has 0 bridgehead atoms. The van der Waals surface area contributed by atoms with Gasteiger partial charge in [0.1, 0.15) is 11.8 Å². The van der Waals surface area contributed by atoms with Crippen molar-refractivity contribution in [3.63, 3.8) is 0 Å². The van der Waals surface area contributed by atoms with E-state index >= 15 is 0 Å². The van der Waals surface area contributed by atoms with Crippen molar-refractivity contribution < 1.29 is 4.74 Å². The highest BCUT2D eigenvalue weighted by molar-refractivity contribution is 5.91. The lowest BCUT2D eigenvalue weighted by Crippen LogP contribution is -1.87. The van der Waals surface area contributed by atoms with Crippen LogP contribution in [0.1, 0.15) is 5.56 Å². The second-order valence-electron chi connectivity index (χ2n) is 2.85. The van der Waals surface area contributed by atoms with Crippen LogP contribution in [0, 0.1) is 11.3 Å². The van der Waals surface area contributed by atoms with Gasteiger partial charge in [-0.1, -0.05) is 12.1 Å². The number of fused-ring (bicyclic) bond motifs is 1. The molecule has 0 aliphatic heterocycles. The minimum atomic E-state index is 0.571. The SMILES string of the molecule is COc1cccc2c(C#N)cncc12. The first kappa shape index (κ1) is 8.52. The van der Waals surface area contributed by atoms with E-state index in [1.54, 1.807) is 19.5 Å². The number of pyridine rings is 1. The van der Waals surface area contributed by atoms with E-state index in [1.165, 1.54) is 0 Å². The summed E-state index contributed by atoms with van der Waals surface area (Å²) in [6.07, 6.45) is 3.26. The average molecular weight is 184 g/mol. The van der Waals surface area contributed by atoms with Gasteiger partial charge in [-0.3, -0.25) is 4.98 Å². The molecule has 1 heterocycles. The number of nitriles is 1. The molecule has 0 aliphatic carbocycles. The Bertz CT molecular complexity index is 514. The highest BCUT2D eigenvalue weighted by Crippen LogP contribution is 2.26. The Morgan fingerprint density at radius 3 is 2.86 bits per heavy atom. The number of benzene rings is 1. The maximum absolute atomic E-state index is 8.87. The van der Waals surface area contributed by atoms with E-state index in [-0.39, 0.29) is 0 Å². The number of methoxy groups -OCH3 is 1. The topological polar surface area (TPSA) is 45.9 Å². The zero-order valence-electron chi connectivity index (χ0n) is 7.69. The summed E-state index contributed by atoms with van der Waals surface area (Å²) >= 11 is 0. The van der Waals surface area contributed by atoms with E-state index in [4.69, 9.17) is 10.00 Å². The minimum Gasteiger partial charge on any atom is -0.496 e. The van der Waals surface area contributed by atoms with Gasteiger partial charge in [-0.05, 0) is 6.07 Å². The van der Waals surface area contributed by atoms with Crippen LogP contribution in [-0.2, 0) is 0 Å². The highest BCUT2D eigenvalue weighted by atomic mass is 16.5. The van der Waals surface area contributed by atoms with E-state index in [9.17, 15) is 0 Å². The third-order valence-electron chi connectivity index (χ3n) is 2.10. The Morgan fingerprint density at radius 1 is 1.29 bits per heavy atom. The number of hydrogen-bond donors (Lipinski definition) is 0. The molecule has 14 heavy (non-hydrogen) atoms. The molecule has 2 rings (SSSR count). The Labute approximate surface area is 81.6 Å².